The number of tetrazole rings is 1. The van der Waals surface area contributed by atoms with Crippen molar-refractivity contribution in [2.24, 2.45) is 0 Å². The van der Waals surface area contributed by atoms with Gasteiger partial charge in [0.1, 0.15) is 0 Å². The Morgan fingerprint density at radius 3 is 2.44 bits per heavy atom. The molecular formula is C14H20N4. The minimum absolute atomic E-state index is 0.0279. The molecule has 0 N–H and O–H groups in total. The first kappa shape index (κ1) is 12.7. The SMILES string of the molecule is C[C@@H](Cn1nnnc1C(C)(C)C)c1ccccc1. The average Bonchev–Trinajstić information content (AvgIpc) is 2.78. The van der Waals surface area contributed by atoms with Crippen molar-refractivity contribution in [3.8, 4) is 0 Å². The summed E-state index contributed by atoms with van der Waals surface area (Å²) in [4.78, 5) is 0. The first-order valence-electron chi connectivity index (χ1n) is 6.30. The Hall–Kier alpha value is -1.71. The number of hydrogen-bond acceptors (Lipinski definition) is 3. The Balaban J connectivity index is 2.18. The van der Waals surface area contributed by atoms with E-state index in [4.69, 9.17) is 0 Å². The largest absolute Gasteiger partial charge is 0.228 e. The van der Waals surface area contributed by atoms with Gasteiger partial charge >= 0.3 is 0 Å². The van der Waals surface area contributed by atoms with Crippen molar-refractivity contribution in [3.63, 3.8) is 0 Å². The van der Waals surface area contributed by atoms with Crippen molar-refractivity contribution in [1.82, 2.24) is 20.2 Å². The molecule has 0 aliphatic rings. The summed E-state index contributed by atoms with van der Waals surface area (Å²) in [6.07, 6.45) is 0. The first-order valence-corrected chi connectivity index (χ1v) is 6.30. The topological polar surface area (TPSA) is 43.6 Å². The van der Waals surface area contributed by atoms with E-state index in [1.165, 1.54) is 5.56 Å². The van der Waals surface area contributed by atoms with Crippen LogP contribution < -0.4 is 0 Å². The molecule has 0 spiro atoms. The van der Waals surface area contributed by atoms with Crippen LogP contribution in [-0.4, -0.2) is 20.2 Å². The van der Waals surface area contributed by atoms with Crippen LogP contribution in [0.15, 0.2) is 30.3 Å². The van der Waals surface area contributed by atoms with Gasteiger partial charge in [-0.15, -0.1) is 5.10 Å². The second-order valence-corrected chi connectivity index (χ2v) is 5.75. The molecule has 0 bridgehead atoms. The van der Waals surface area contributed by atoms with E-state index in [9.17, 15) is 0 Å². The standard InChI is InChI=1S/C14H20N4/c1-11(12-8-6-5-7-9-12)10-18-13(14(2,3)4)15-16-17-18/h5-9,11H,10H2,1-4H3/t11-/m0/s1. The van der Waals surface area contributed by atoms with Gasteiger partial charge in [0.15, 0.2) is 5.82 Å². The summed E-state index contributed by atoms with van der Waals surface area (Å²) >= 11 is 0. The second-order valence-electron chi connectivity index (χ2n) is 5.75. The van der Waals surface area contributed by atoms with Crippen molar-refractivity contribution in [2.45, 2.75) is 45.6 Å². The van der Waals surface area contributed by atoms with Gasteiger partial charge in [0.25, 0.3) is 0 Å². The maximum atomic E-state index is 4.14. The van der Waals surface area contributed by atoms with Gasteiger partial charge in [-0.3, -0.25) is 0 Å². The van der Waals surface area contributed by atoms with Gasteiger partial charge < -0.3 is 0 Å². The Labute approximate surface area is 108 Å². The van der Waals surface area contributed by atoms with Crippen LogP contribution in [0.4, 0.5) is 0 Å². The van der Waals surface area contributed by atoms with Crippen LogP contribution in [-0.2, 0) is 12.0 Å². The zero-order chi connectivity index (χ0) is 13.2. The molecule has 0 amide bonds. The lowest BCUT2D eigenvalue weighted by Crippen LogP contribution is -2.21. The number of aromatic nitrogens is 4. The molecule has 0 saturated heterocycles. The summed E-state index contributed by atoms with van der Waals surface area (Å²) in [5.74, 6) is 1.33. The molecule has 2 rings (SSSR count). The van der Waals surface area contributed by atoms with Gasteiger partial charge in [-0.2, -0.15) is 0 Å². The number of benzene rings is 1. The maximum absolute atomic E-state index is 4.14. The van der Waals surface area contributed by atoms with E-state index in [0.717, 1.165) is 12.4 Å². The van der Waals surface area contributed by atoms with Crippen molar-refractivity contribution < 1.29 is 0 Å². The van der Waals surface area contributed by atoms with Gasteiger partial charge in [0, 0.05) is 11.3 Å². The Bertz CT molecular complexity index is 496. The number of nitrogens with zero attached hydrogens (tertiary/aromatic N) is 4. The molecule has 2 aromatic rings. The van der Waals surface area contributed by atoms with Crippen molar-refractivity contribution in [2.75, 3.05) is 0 Å². The lowest BCUT2D eigenvalue weighted by molar-refractivity contribution is 0.447. The summed E-state index contributed by atoms with van der Waals surface area (Å²) in [6, 6.07) is 10.5. The van der Waals surface area contributed by atoms with Gasteiger partial charge in [0.05, 0.1) is 6.54 Å². The molecule has 0 aliphatic heterocycles. The molecule has 1 aromatic carbocycles. The maximum Gasteiger partial charge on any atom is 0.156 e. The quantitative estimate of drug-likeness (QED) is 0.834. The second kappa shape index (κ2) is 4.88. The third-order valence-corrected chi connectivity index (χ3v) is 3.02. The van der Waals surface area contributed by atoms with Crippen LogP contribution in [0.5, 0.6) is 0 Å². The normalized spacial score (nSPS) is 13.6. The van der Waals surface area contributed by atoms with Crippen LogP contribution in [0.25, 0.3) is 0 Å². The van der Waals surface area contributed by atoms with Crippen LogP contribution in [0.1, 0.15) is 45.0 Å². The predicted molar refractivity (Wildman–Crippen MR) is 71.4 cm³/mol. The van der Waals surface area contributed by atoms with Crippen LogP contribution >= 0.6 is 0 Å². The summed E-state index contributed by atoms with van der Waals surface area (Å²) < 4.78 is 1.91. The first-order chi connectivity index (χ1) is 8.48. The fourth-order valence-corrected chi connectivity index (χ4v) is 2.01. The van der Waals surface area contributed by atoms with E-state index in [2.05, 4.69) is 67.5 Å². The molecule has 4 heteroatoms. The fourth-order valence-electron chi connectivity index (χ4n) is 2.01. The van der Waals surface area contributed by atoms with Crippen LogP contribution in [0, 0.1) is 0 Å². The monoisotopic (exact) mass is 244 g/mol. The molecule has 1 aromatic heterocycles. The van der Waals surface area contributed by atoms with E-state index < -0.39 is 0 Å². The molecule has 0 radical (unpaired) electrons. The van der Waals surface area contributed by atoms with Crippen LogP contribution in [0.3, 0.4) is 0 Å². The fraction of sp³-hybridized carbons (Fsp3) is 0.500. The van der Waals surface area contributed by atoms with E-state index in [-0.39, 0.29) is 5.41 Å². The zero-order valence-electron chi connectivity index (χ0n) is 11.5. The van der Waals surface area contributed by atoms with Gasteiger partial charge in [-0.25, -0.2) is 4.68 Å². The smallest absolute Gasteiger partial charge is 0.156 e. The Morgan fingerprint density at radius 2 is 1.83 bits per heavy atom. The lowest BCUT2D eigenvalue weighted by atomic mass is 9.95. The van der Waals surface area contributed by atoms with Gasteiger partial charge in [0.2, 0.25) is 0 Å². The number of rotatable bonds is 3. The molecule has 0 fully saturated rings. The Kier molecular flexibility index (Phi) is 3.45. The van der Waals surface area contributed by atoms with Crippen molar-refractivity contribution >= 4 is 0 Å². The highest BCUT2D eigenvalue weighted by atomic mass is 15.5. The summed E-state index contributed by atoms with van der Waals surface area (Å²) in [5, 5.41) is 12.0. The Morgan fingerprint density at radius 1 is 1.17 bits per heavy atom. The van der Waals surface area contributed by atoms with Crippen molar-refractivity contribution in [1.29, 1.82) is 0 Å². The molecule has 96 valence electrons. The summed E-state index contributed by atoms with van der Waals surface area (Å²) in [7, 11) is 0. The molecular weight excluding hydrogens is 224 g/mol. The lowest BCUT2D eigenvalue weighted by Gasteiger charge is -2.19. The number of hydrogen-bond donors (Lipinski definition) is 0. The average molecular weight is 244 g/mol. The highest BCUT2D eigenvalue weighted by molar-refractivity contribution is 5.18. The minimum atomic E-state index is -0.0279. The van der Waals surface area contributed by atoms with Crippen LogP contribution in [0.2, 0.25) is 0 Å². The highest BCUT2D eigenvalue weighted by Crippen LogP contribution is 2.22. The third kappa shape index (κ3) is 2.75. The summed E-state index contributed by atoms with van der Waals surface area (Å²) in [6.45, 7) is 9.39. The van der Waals surface area contributed by atoms with Crippen molar-refractivity contribution in [3.05, 3.63) is 41.7 Å². The molecule has 0 aliphatic carbocycles. The molecule has 4 nitrogen and oxygen atoms in total. The summed E-state index contributed by atoms with van der Waals surface area (Å²) in [5.41, 5.74) is 1.28. The molecule has 18 heavy (non-hydrogen) atoms. The molecule has 1 atom stereocenters. The molecule has 0 saturated carbocycles. The van der Waals surface area contributed by atoms with E-state index in [1.807, 2.05) is 10.7 Å². The van der Waals surface area contributed by atoms with Gasteiger partial charge in [-0.1, -0.05) is 58.0 Å². The van der Waals surface area contributed by atoms with Gasteiger partial charge in [-0.05, 0) is 16.0 Å². The zero-order valence-corrected chi connectivity index (χ0v) is 11.5. The predicted octanol–water partition coefficient (Wildman–Crippen LogP) is 2.77. The van der Waals surface area contributed by atoms with E-state index in [0.29, 0.717) is 5.92 Å². The van der Waals surface area contributed by atoms with E-state index in [1.54, 1.807) is 0 Å². The highest BCUT2D eigenvalue weighted by Gasteiger charge is 2.22. The molecule has 0 unspecified atom stereocenters. The van der Waals surface area contributed by atoms with E-state index >= 15 is 0 Å². The third-order valence-electron chi connectivity index (χ3n) is 3.02. The molecule has 1 heterocycles. The minimum Gasteiger partial charge on any atom is -0.228 e.